The van der Waals surface area contributed by atoms with Gasteiger partial charge in [-0.25, -0.2) is 0 Å². The molecule has 0 radical (unpaired) electrons. The first kappa shape index (κ1) is 12.8. The van der Waals surface area contributed by atoms with Gasteiger partial charge in [0.05, 0.1) is 0 Å². The van der Waals surface area contributed by atoms with Gasteiger partial charge in [0.2, 0.25) is 0 Å². The van der Waals surface area contributed by atoms with Crippen molar-refractivity contribution >= 4 is 0 Å². The zero-order valence-corrected chi connectivity index (χ0v) is 11.2. The van der Waals surface area contributed by atoms with Gasteiger partial charge >= 0.3 is 0 Å². The Morgan fingerprint density at radius 3 is 2.33 bits per heavy atom. The molecule has 88 valence electrons. The standard InChI is InChI=1S/C15H28/c1-6-9-11-15(8-3)12-10-13(4)14(15,5)7-2/h4,6-12H2,1-3,5H3/t14-,15-/m1/s1. The molecule has 0 N–H and O–H groups in total. The van der Waals surface area contributed by atoms with Crippen molar-refractivity contribution in [1.82, 2.24) is 0 Å². The summed E-state index contributed by atoms with van der Waals surface area (Å²) in [6.07, 6.45) is 9.36. The average molecular weight is 208 g/mol. The van der Waals surface area contributed by atoms with E-state index >= 15 is 0 Å². The summed E-state index contributed by atoms with van der Waals surface area (Å²) < 4.78 is 0. The lowest BCUT2D eigenvalue weighted by Gasteiger charge is -2.44. The normalized spacial score (nSPS) is 36.1. The largest absolute Gasteiger partial charge is 0.0993 e. The van der Waals surface area contributed by atoms with Gasteiger partial charge < -0.3 is 0 Å². The van der Waals surface area contributed by atoms with Crippen LogP contribution in [0, 0.1) is 10.8 Å². The van der Waals surface area contributed by atoms with Gasteiger partial charge in [0, 0.05) is 0 Å². The fraction of sp³-hybridized carbons (Fsp3) is 0.867. The molecule has 0 spiro atoms. The van der Waals surface area contributed by atoms with E-state index in [1.165, 1.54) is 50.5 Å². The molecule has 0 heteroatoms. The van der Waals surface area contributed by atoms with E-state index in [0.29, 0.717) is 10.8 Å². The molecule has 0 aromatic rings. The maximum Gasteiger partial charge on any atom is -0.00653 e. The van der Waals surface area contributed by atoms with Crippen LogP contribution in [0.25, 0.3) is 0 Å². The van der Waals surface area contributed by atoms with E-state index in [1.54, 1.807) is 0 Å². The van der Waals surface area contributed by atoms with Gasteiger partial charge in [-0.1, -0.05) is 52.7 Å². The first-order valence-electron chi connectivity index (χ1n) is 6.74. The highest BCUT2D eigenvalue weighted by Crippen LogP contribution is 2.61. The summed E-state index contributed by atoms with van der Waals surface area (Å²) in [6.45, 7) is 13.8. The molecule has 0 nitrogen and oxygen atoms in total. The smallest absolute Gasteiger partial charge is 0.00653 e. The molecule has 1 aliphatic rings. The van der Waals surface area contributed by atoms with Crippen molar-refractivity contribution in [3.05, 3.63) is 12.2 Å². The van der Waals surface area contributed by atoms with Crippen LogP contribution in [-0.2, 0) is 0 Å². The fourth-order valence-corrected chi connectivity index (χ4v) is 3.60. The molecular weight excluding hydrogens is 180 g/mol. The first-order valence-corrected chi connectivity index (χ1v) is 6.74. The van der Waals surface area contributed by atoms with Crippen LogP contribution < -0.4 is 0 Å². The predicted octanol–water partition coefficient (Wildman–Crippen LogP) is 5.34. The lowest BCUT2D eigenvalue weighted by Crippen LogP contribution is -2.35. The summed E-state index contributed by atoms with van der Waals surface area (Å²) in [5, 5.41) is 0. The molecule has 0 amide bonds. The van der Waals surface area contributed by atoms with Gasteiger partial charge in [-0.2, -0.15) is 0 Å². The van der Waals surface area contributed by atoms with Crippen LogP contribution in [0.1, 0.15) is 72.6 Å². The lowest BCUT2D eigenvalue weighted by molar-refractivity contribution is 0.0901. The molecule has 1 fully saturated rings. The maximum atomic E-state index is 4.33. The van der Waals surface area contributed by atoms with E-state index in [-0.39, 0.29) is 0 Å². The number of unbranched alkanes of at least 4 members (excludes halogenated alkanes) is 1. The minimum atomic E-state index is 0.414. The van der Waals surface area contributed by atoms with Crippen LogP contribution >= 0.6 is 0 Å². The van der Waals surface area contributed by atoms with Crippen molar-refractivity contribution in [1.29, 1.82) is 0 Å². The molecule has 0 aromatic heterocycles. The van der Waals surface area contributed by atoms with Gasteiger partial charge in [0.25, 0.3) is 0 Å². The highest BCUT2D eigenvalue weighted by atomic mass is 14.5. The summed E-state index contributed by atoms with van der Waals surface area (Å²) in [7, 11) is 0. The second-order valence-electron chi connectivity index (χ2n) is 5.53. The third-order valence-electron chi connectivity index (χ3n) is 5.25. The molecule has 1 rings (SSSR count). The molecule has 0 aliphatic heterocycles. The summed E-state index contributed by atoms with van der Waals surface area (Å²) in [6, 6.07) is 0. The quantitative estimate of drug-likeness (QED) is 0.535. The lowest BCUT2D eigenvalue weighted by atomic mass is 9.60. The molecule has 0 saturated heterocycles. The number of hydrogen-bond donors (Lipinski definition) is 0. The van der Waals surface area contributed by atoms with Crippen molar-refractivity contribution in [3.8, 4) is 0 Å². The van der Waals surface area contributed by atoms with Crippen LogP contribution in [0.2, 0.25) is 0 Å². The van der Waals surface area contributed by atoms with Crippen molar-refractivity contribution in [2.45, 2.75) is 72.6 Å². The van der Waals surface area contributed by atoms with Crippen LogP contribution in [-0.4, -0.2) is 0 Å². The van der Waals surface area contributed by atoms with Crippen LogP contribution in [0.15, 0.2) is 12.2 Å². The van der Waals surface area contributed by atoms with E-state index in [1.807, 2.05) is 0 Å². The second-order valence-corrected chi connectivity index (χ2v) is 5.53. The monoisotopic (exact) mass is 208 g/mol. The second kappa shape index (κ2) is 4.72. The Balaban J connectivity index is 2.92. The summed E-state index contributed by atoms with van der Waals surface area (Å²) in [5.41, 5.74) is 2.49. The zero-order valence-electron chi connectivity index (χ0n) is 11.2. The molecule has 0 aromatic carbocycles. The molecule has 2 atom stereocenters. The molecule has 1 saturated carbocycles. The van der Waals surface area contributed by atoms with E-state index in [2.05, 4.69) is 34.3 Å². The Bertz CT molecular complexity index is 228. The van der Waals surface area contributed by atoms with E-state index in [4.69, 9.17) is 0 Å². The molecule has 15 heavy (non-hydrogen) atoms. The third-order valence-corrected chi connectivity index (χ3v) is 5.25. The summed E-state index contributed by atoms with van der Waals surface area (Å²) in [5.74, 6) is 0. The Kier molecular flexibility index (Phi) is 4.03. The first-order chi connectivity index (χ1) is 7.06. The minimum absolute atomic E-state index is 0.414. The molecular formula is C15H28. The highest BCUT2D eigenvalue weighted by molar-refractivity contribution is 5.21. The topological polar surface area (TPSA) is 0 Å². The number of allylic oxidation sites excluding steroid dienone is 1. The van der Waals surface area contributed by atoms with Gasteiger partial charge in [-0.3, -0.25) is 0 Å². The number of hydrogen-bond acceptors (Lipinski definition) is 0. The van der Waals surface area contributed by atoms with E-state index in [0.717, 1.165) is 0 Å². The van der Waals surface area contributed by atoms with Crippen molar-refractivity contribution in [3.63, 3.8) is 0 Å². The highest BCUT2D eigenvalue weighted by Gasteiger charge is 2.50. The molecule has 0 heterocycles. The minimum Gasteiger partial charge on any atom is -0.0993 e. The molecule has 0 unspecified atom stereocenters. The Morgan fingerprint density at radius 2 is 1.87 bits per heavy atom. The van der Waals surface area contributed by atoms with Crippen LogP contribution in [0.5, 0.6) is 0 Å². The van der Waals surface area contributed by atoms with Gasteiger partial charge in [-0.05, 0) is 42.9 Å². The molecule has 1 aliphatic carbocycles. The maximum absolute atomic E-state index is 4.33. The van der Waals surface area contributed by atoms with Gasteiger partial charge in [-0.15, -0.1) is 0 Å². The number of rotatable bonds is 5. The van der Waals surface area contributed by atoms with Gasteiger partial charge in [0.1, 0.15) is 0 Å². The average Bonchev–Trinajstić information content (AvgIpc) is 2.52. The predicted molar refractivity (Wildman–Crippen MR) is 69.0 cm³/mol. The van der Waals surface area contributed by atoms with Crippen molar-refractivity contribution in [2.75, 3.05) is 0 Å². The Labute approximate surface area is 96.2 Å². The summed E-state index contributed by atoms with van der Waals surface area (Å²) >= 11 is 0. The van der Waals surface area contributed by atoms with Gasteiger partial charge in [0.15, 0.2) is 0 Å². The Morgan fingerprint density at radius 1 is 1.20 bits per heavy atom. The fourth-order valence-electron chi connectivity index (χ4n) is 3.60. The third kappa shape index (κ3) is 1.88. The van der Waals surface area contributed by atoms with Crippen LogP contribution in [0.3, 0.4) is 0 Å². The SMILES string of the molecule is C=C1CC[C@@](CC)(CCCC)[C@]1(C)CC. The van der Waals surface area contributed by atoms with E-state index < -0.39 is 0 Å². The van der Waals surface area contributed by atoms with Crippen LogP contribution in [0.4, 0.5) is 0 Å². The zero-order chi connectivity index (χ0) is 11.5. The molecule has 0 bridgehead atoms. The summed E-state index contributed by atoms with van der Waals surface area (Å²) in [4.78, 5) is 0. The van der Waals surface area contributed by atoms with Crippen molar-refractivity contribution < 1.29 is 0 Å². The Hall–Kier alpha value is -0.260. The van der Waals surface area contributed by atoms with E-state index in [9.17, 15) is 0 Å². The van der Waals surface area contributed by atoms with Crippen molar-refractivity contribution in [2.24, 2.45) is 10.8 Å².